The number of nitrogens with zero attached hydrogens (tertiary/aromatic N) is 2. The molecule has 1 aliphatic heterocycles. The first-order valence-corrected chi connectivity index (χ1v) is 10.1. The highest BCUT2D eigenvalue weighted by Crippen LogP contribution is 2.39. The average Bonchev–Trinajstić information content (AvgIpc) is 2.98. The number of aromatic nitrogens is 2. The van der Waals surface area contributed by atoms with Crippen molar-refractivity contribution in [3.8, 4) is 0 Å². The fraction of sp³-hybridized carbons (Fsp3) is 0.176. The second kappa shape index (κ2) is 6.64. The molecule has 4 rings (SSSR count). The molecule has 0 radical (unpaired) electrons. The van der Waals surface area contributed by atoms with E-state index in [1.807, 2.05) is 47.0 Å². The van der Waals surface area contributed by atoms with Crippen molar-refractivity contribution in [3.05, 3.63) is 62.9 Å². The van der Waals surface area contributed by atoms with Gasteiger partial charge in [0.25, 0.3) is 5.56 Å². The summed E-state index contributed by atoms with van der Waals surface area (Å²) >= 11 is 15.7. The molecule has 122 valence electrons. The number of para-hydroxylation sites is 1. The van der Waals surface area contributed by atoms with Crippen LogP contribution in [0.3, 0.4) is 0 Å². The van der Waals surface area contributed by atoms with Gasteiger partial charge in [0.2, 0.25) is 0 Å². The molecule has 0 unspecified atom stereocenters. The van der Waals surface area contributed by atoms with E-state index in [1.165, 1.54) is 0 Å². The minimum Gasteiger partial charge on any atom is -0.282 e. The molecule has 1 aliphatic rings. The van der Waals surface area contributed by atoms with Gasteiger partial charge in [-0.15, -0.1) is 11.8 Å². The van der Waals surface area contributed by atoms with Gasteiger partial charge in [0, 0.05) is 16.4 Å². The van der Waals surface area contributed by atoms with Crippen LogP contribution < -0.4 is 5.56 Å². The summed E-state index contributed by atoms with van der Waals surface area (Å²) in [6.45, 7) is 0. The van der Waals surface area contributed by atoms with Crippen LogP contribution in [0, 0.1) is 0 Å². The lowest BCUT2D eigenvalue weighted by Crippen LogP contribution is -2.25. The largest absolute Gasteiger partial charge is 0.282 e. The molecule has 0 N–H and O–H groups in total. The molecule has 7 heteroatoms. The van der Waals surface area contributed by atoms with Crippen LogP contribution in [0.25, 0.3) is 10.9 Å². The van der Waals surface area contributed by atoms with Crippen LogP contribution in [0.5, 0.6) is 0 Å². The molecular weight excluding hydrogens is 383 g/mol. The van der Waals surface area contributed by atoms with E-state index in [9.17, 15) is 4.79 Å². The zero-order valence-electron chi connectivity index (χ0n) is 12.4. The molecular formula is C17H12Cl2N2OS2. The quantitative estimate of drug-likeness (QED) is 0.454. The normalized spacial score (nSPS) is 16.5. The van der Waals surface area contributed by atoms with Crippen LogP contribution in [0.2, 0.25) is 10.0 Å². The average molecular weight is 395 g/mol. The van der Waals surface area contributed by atoms with Crippen LogP contribution in [-0.4, -0.2) is 21.1 Å². The highest BCUT2D eigenvalue weighted by molar-refractivity contribution is 8.00. The Balaban J connectivity index is 1.67. The maximum atomic E-state index is 12.8. The monoisotopic (exact) mass is 394 g/mol. The third-order valence-electron chi connectivity index (χ3n) is 3.88. The van der Waals surface area contributed by atoms with E-state index in [1.54, 1.807) is 23.5 Å². The van der Waals surface area contributed by atoms with Crippen molar-refractivity contribution in [1.82, 2.24) is 9.55 Å². The number of hydrogen-bond donors (Lipinski definition) is 0. The molecule has 0 saturated heterocycles. The molecule has 0 aliphatic carbocycles. The smallest absolute Gasteiger partial charge is 0.262 e. The Hall–Kier alpha value is -1.14. The van der Waals surface area contributed by atoms with Gasteiger partial charge in [0.1, 0.15) is 0 Å². The number of rotatable bonds is 3. The number of benzene rings is 2. The van der Waals surface area contributed by atoms with Crippen molar-refractivity contribution in [2.45, 2.75) is 16.1 Å². The van der Waals surface area contributed by atoms with Gasteiger partial charge >= 0.3 is 0 Å². The summed E-state index contributed by atoms with van der Waals surface area (Å²) in [7, 11) is 0. The summed E-state index contributed by atoms with van der Waals surface area (Å²) in [5.41, 5.74) is 0.778. The molecule has 0 saturated carbocycles. The minimum absolute atomic E-state index is 0.0245. The van der Waals surface area contributed by atoms with E-state index in [4.69, 9.17) is 23.2 Å². The molecule has 1 aromatic heterocycles. The predicted molar refractivity (Wildman–Crippen MR) is 103 cm³/mol. The summed E-state index contributed by atoms with van der Waals surface area (Å²) in [5.74, 6) is 1.55. The van der Waals surface area contributed by atoms with Gasteiger partial charge in [-0.25, -0.2) is 4.98 Å². The van der Waals surface area contributed by atoms with E-state index >= 15 is 0 Å². The zero-order valence-corrected chi connectivity index (χ0v) is 15.6. The summed E-state index contributed by atoms with van der Waals surface area (Å²) < 4.78 is 1.81. The maximum Gasteiger partial charge on any atom is 0.262 e. The first-order chi connectivity index (χ1) is 11.6. The molecule has 2 aromatic carbocycles. The zero-order chi connectivity index (χ0) is 16.7. The van der Waals surface area contributed by atoms with Crippen LogP contribution in [0.15, 0.2) is 57.3 Å². The van der Waals surface area contributed by atoms with Gasteiger partial charge in [-0.1, -0.05) is 53.2 Å². The number of halogens is 2. The van der Waals surface area contributed by atoms with E-state index in [2.05, 4.69) is 4.98 Å². The SMILES string of the molecule is O=c1c2ccccc2nc2n1[C@H](CSc1c(Cl)cccc1Cl)CS2. The summed E-state index contributed by atoms with van der Waals surface area (Å²) in [6, 6.07) is 13.0. The van der Waals surface area contributed by atoms with Gasteiger partial charge in [-0.3, -0.25) is 9.36 Å². The van der Waals surface area contributed by atoms with Crippen LogP contribution in [0.1, 0.15) is 6.04 Å². The standard InChI is InChI=1S/C17H12Cl2N2OS2/c18-12-5-3-6-13(19)15(12)23-8-10-9-24-17-20-14-7-2-1-4-11(14)16(22)21(10)17/h1-7,10H,8-9H2/t10-/m1/s1. The summed E-state index contributed by atoms with van der Waals surface area (Å²) in [6.07, 6.45) is 0. The fourth-order valence-electron chi connectivity index (χ4n) is 2.72. The highest BCUT2D eigenvalue weighted by Gasteiger charge is 2.27. The fourth-order valence-corrected chi connectivity index (χ4v) is 5.77. The van der Waals surface area contributed by atoms with Crippen molar-refractivity contribution in [1.29, 1.82) is 0 Å². The third-order valence-corrected chi connectivity index (χ3v) is 7.12. The molecule has 3 nitrogen and oxygen atoms in total. The Morgan fingerprint density at radius 2 is 1.92 bits per heavy atom. The molecule has 0 bridgehead atoms. The van der Waals surface area contributed by atoms with Crippen molar-refractivity contribution < 1.29 is 0 Å². The van der Waals surface area contributed by atoms with E-state index < -0.39 is 0 Å². The number of hydrogen-bond acceptors (Lipinski definition) is 4. The highest BCUT2D eigenvalue weighted by atomic mass is 35.5. The first-order valence-electron chi connectivity index (χ1n) is 7.36. The van der Waals surface area contributed by atoms with Gasteiger partial charge in [0.05, 0.1) is 27.0 Å². The minimum atomic E-state index is 0.0245. The van der Waals surface area contributed by atoms with E-state index in [-0.39, 0.29) is 11.6 Å². The van der Waals surface area contributed by atoms with Crippen molar-refractivity contribution in [2.75, 3.05) is 11.5 Å². The van der Waals surface area contributed by atoms with Crippen molar-refractivity contribution in [2.24, 2.45) is 0 Å². The number of fused-ring (bicyclic) bond motifs is 2. The van der Waals surface area contributed by atoms with E-state index in [0.29, 0.717) is 15.4 Å². The Kier molecular flexibility index (Phi) is 4.52. The van der Waals surface area contributed by atoms with E-state index in [0.717, 1.165) is 27.1 Å². The Bertz CT molecular complexity index is 970. The molecule has 3 aromatic rings. The van der Waals surface area contributed by atoms with Gasteiger partial charge in [0.15, 0.2) is 5.16 Å². The Morgan fingerprint density at radius 3 is 2.71 bits per heavy atom. The maximum absolute atomic E-state index is 12.8. The molecule has 1 atom stereocenters. The van der Waals surface area contributed by atoms with Crippen molar-refractivity contribution >= 4 is 57.6 Å². The molecule has 24 heavy (non-hydrogen) atoms. The lowest BCUT2D eigenvalue weighted by molar-refractivity contribution is 0.558. The molecule has 0 amide bonds. The topological polar surface area (TPSA) is 34.9 Å². The molecule has 0 fully saturated rings. The second-order valence-corrected chi connectivity index (χ2v) is 8.25. The second-order valence-electron chi connectivity index (χ2n) is 5.41. The van der Waals surface area contributed by atoms with Crippen LogP contribution >= 0.6 is 46.7 Å². The van der Waals surface area contributed by atoms with Gasteiger partial charge in [-0.05, 0) is 24.3 Å². The Labute approximate surface area is 157 Å². The van der Waals surface area contributed by atoms with Gasteiger partial charge < -0.3 is 0 Å². The van der Waals surface area contributed by atoms with Crippen LogP contribution in [0.4, 0.5) is 0 Å². The molecule has 0 spiro atoms. The van der Waals surface area contributed by atoms with Crippen molar-refractivity contribution in [3.63, 3.8) is 0 Å². The van der Waals surface area contributed by atoms with Crippen LogP contribution in [-0.2, 0) is 0 Å². The summed E-state index contributed by atoms with van der Waals surface area (Å²) in [4.78, 5) is 18.3. The lowest BCUT2D eigenvalue weighted by Gasteiger charge is -2.14. The predicted octanol–water partition coefficient (Wildman–Crippen LogP) is 5.14. The third kappa shape index (κ3) is 2.84. The Morgan fingerprint density at radius 1 is 1.17 bits per heavy atom. The molecule has 2 heterocycles. The van der Waals surface area contributed by atoms with Gasteiger partial charge in [-0.2, -0.15) is 0 Å². The lowest BCUT2D eigenvalue weighted by atomic mass is 10.2. The first kappa shape index (κ1) is 16.3. The summed E-state index contributed by atoms with van der Waals surface area (Å²) in [5, 5.41) is 2.73. The number of thioether (sulfide) groups is 2.